The van der Waals surface area contributed by atoms with Crippen LogP contribution in [0, 0.1) is 0 Å². The molecule has 1 fully saturated rings. The number of carbonyl (C=O) groups excluding carboxylic acids is 1. The summed E-state index contributed by atoms with van der Waals surface area (Å²) < 4.78 is 33.9. The first-order valence-corrected chi connectivity index (χ1v) is 9.98. The zero-order chi connectivity index (χ0) is 18.7. The number of amides is 1. The van der Waals surface area contributed by atoms with Crippen LogP contribution < -0.4 is 9.46 Å². The third-order valence-corrected chi connectivity index (χ3v) is 6.21. The van der Waals surface area contributed by atoms with Crippen LogP contribution in [0.4, 0.5) is 0 Å². The minimum Gasteiger partial charge on any atom is -0.495 e. The Labute approximate surface area is 153 Å². The lowest BCUT2D eigenvalue weighted by Gasteiger charge is -2.33. The molecule has 0 spiro atoms. The number of carbonyl (C=O) groups is 1. The van der Waals surface area contributed by atoms with Crippen molar-refractivity contribution in [3.8, 4) is 5.75 Å². The highest BCUT2D eigenvalue weighted by molar-refractivity contribution is 7.89. The van der Waals surface area contributed by atoms with E-state index in [0.717, 1.165) is 12.8 Å². The third kappa shape index (κ3) is 3.61. The smallest absolute Gasteiger partial charge is 0.253 e. The SMILES string of the molecule is CNS(=O)(=O)c1cc(C(=O)N2CCC(n3cccc3)CC2)ccc1OC. The van der Waals surface area contributed by atoms with Gasteiger partial charge in [-0.3, -0.25) is 4.79 Å². The number of piperidine rings is 1. The van der Waals surface area contributed by atoms with E-state index >= 15 is 0 Å². The summed E-state index contributed by atoms with van der Waals surface area (Å²) in [6.07, 6.45) is 5.83. The van der Waals surface area contributed by atoms with Crippen LogP contribution in [0.1, 0.15) is 29.2 Å². The van der Waals surface area contributed by atoms with Gasteiger partial charge in [-0.1, -0.05) is 0 Å². The molecule has 0 unspecified atom stereocenters. The molecule has 0 radical (unpaired) electrons. The van der Waals surface area contributed by atoms with Crippen LogP contribution in [0.3, 0.4) is 0 Å². The van der Waals surface area contributed by atoms with Crippen LogP contribution >= 0.6 is 0 Å². The fourth-order valence-corrected chi connectivity index (χ4v) is 4.19. The summed E-state index contributed by atoms with van der Waals surface area (Å²) in [5, 5.41) is 0. The van der Waals surface area contributed by atoms with Gasteiger partial charge in [0.2, 0.25) is 10.0 Å². The van der Waals surface area contributed by atoms with Crippen LogP contribution in [0.5, 0.6) is 5.75 Å². The lowest BCUT2D eigenvalue weighted by atomic mass is 10.0. The molecular weight excluding hydrogens is 354 g/mol. The largest absolute Gasteiger partial charge is 0.495 e. The van der Waals surface area contributed by atoms with Crippen LogP contribution in [0.2, 0.25) is 0 Å². The molecule has 26 heavy (non-hydrogen) atoms. The van der Waals surface area contributed by atoms with E-state index in [4.69, 9.17) is 4.74 Å². The van der Waals surface area contributed by atoms with Crippen molar-refractivity contribution >= 4 is 15.9 Å². The zero-order valence-electron chi connectivity index (χ0n) is 14.9. The van der Waals surface area contributed by atoms with E-state index in [0.29, 0.717) is 24.7 Å². The number of benzene rings is 1. The number of aromatic nitrogens is 1. The van der Waals surface area contributed by atoms with E-state index in [2.05, 4.69) is 9.29 Å². The number of methoxy groups -OCH3 is 1. The molecule has 1 saturated heterocycles. The molecule has 1 amide bonds. The molecule has 0 bridgehead atoms. The number of nitrogens with zero attached hydrogens (tertiary/aromatic N) is 2. The molecule has 7 nitrogen and oxygen atoms in total. The maximum absolute atomic E-state index is 12.8. The molecule has 1 aliphatic heterocycles. The standard InChI is InChI=1S/C18H23N3O4S/c1-19-26(23,24)17-13-14(5-6-16(17)25-2)18(22)21-11-7-15(8-12-21)20-9-3-4-10-20/h3-6,9-10,13,15,19H,7-8,11-12H2,1-2H3. The third-order valence-electron chi connectivity index (χ3n) is 4.77. The number of hydrogen-bond donors (Lipinski definition) is 1. The van der Waals surface area contributed by atoms with Crippen LogP contribution in [0.25, 0.3) is 0 Å². The minimum atomic E-state index is -3.72. The molecule has 0 saturated carbocycles. The summed E-state index contributed by atoms with van der Waals surface area (Å²) in [5.41, 5.74) is 0.346. The second-order valence-electron chi connectivity index (χ2n) is 6.23. The minimum absolute atomic E-state index is 0.0319. The topological polar surface area (TPSA) is 80.6 Å². The van der Waals surface area contributed by atoms with Gasteiger partial charge in [0.05, 0.1) is 7.11 Å². The van der Waals surface area contributed by atoms with Gasteiger partial charge in [0.15, 0.2) is 0 Å². The van der Waals surface area contributed by atoms with Gasteiger partial charge in [-0.25, -0.2) is 13.1 Å². The van der Waals surface area contributed by atoms with Gasteiger partial charge < -0.3 is 14.2 Å². The van der Waals surface area contributed by atoms with Gasteiger partial charge in [0.25, 0.3) is 5.91 Å². The van der Waals surface area contributed by atoms with E-state index in [1.54, 1.807) is 11.0 Å². The van der Waals surface area contributed by atoms with E-state index < -0.39 is 10.0 Å². The van der Waals surface area contributed by atoms with Gasteiger partial charge in [0.1, 0.15) is 10.6 Å². The zero-order valence-corrected chi connectivity index (χ0v) is 15.7. The summed E-state index contributed by atoms with van der Waals surface area (Å²) in [6.45, 7) is 1.28. The Bertz CT molecular complexity index is 870. The van der Waals surface area contributed by atoms with Crippen molar-refractivity contribution < 1.29 is 17.9 Å². The fourth-order valence-electron chi connectivity index (χ4n) is 3.27. The Balaban J connectivity index is 1.77. The highest BCUT2D eigenvalue weighted by Crippen LogP contribution is 2.27. The molecule has 1 aromatic heterocycles. The maximum Gasteiger partial charge on any atom is 0.253 e. The Hall–Kier alpha value is -2.32. The van der Waals surface area contributed by atoms with Gasteiger partial charge in [-0.2, -0.15) is 0 Å². The predicted molar refractivity (Wildman–Crippen MR) is 97.8 cm³/mol. The average Bonchev–Trinajstić information content (AvgIpc) is 3.22. The van der Waals surface area contributed by atoms with Gasteiger partial charge in [0, 0.05) is 37.1 Å². The Morgan fingerprint density at radius 3 is 2.42 bits per heavy atom. The number of ether oxygens (including phenoxy) is 1. The monoisotopic (exact) mass is 377 g/mol. The Kier molecular flexibility index (Phi) is 5.33. The lowest BCUT2D eigenvalue weighted by molar-refractivity contribution is 0.0694. The first-order valence-electron chi connectivity index (χ1n) is 8.49. The summed E-state index contributed by atoms with van der Waals surface area (Å²) in [4.78, 5) is 14.6. The molecule has 0 atom stereocenters. The number of rotatable bonds is 5. The first kappa shape index (κ1) is 18.5. The van der Waals surface area contributed by atoms with Crippen molar-refractivity contribution in [2.24, 2.45) is 0 Å². The summed E-state index contributed by atoms with van der Waals surface area (Å²) >= 11 is 0. The molecule has 3 rings (SSSR count). The summed E-state index contributed by atoms with van der Waals surface area (Å²) in [7, 11) is -0.986. The van der Waals surface area contributed by atoms with Gasteiger partial charge in [-0.05, 0) is 50.2 Å². The van der Waals surface area contributed by atoms with Crippen molar-refractivity contribution in [2.45, 2.75) is 23.8 Å². The van der Waals surface area contributed by atoms with Crippen LogP contribution in [-0.4, -0.2) is 51.0 Å². The highest BCUT2D eigenvalue weighted by atomic mass is 32.2. The molecule has 1 N–H and O–H groups in total. The molecule has 140 valence electrons. The molecule has 1 aliphatic rings. The number of nitrogens with one attached hydrogen (secondary N) is 1. The number of likely N-dealkylation sites (tertiary alicyclic amines) is 1. The number of hydrogen-bond acceptors (Lipinski definition) is 4. The second-order valence-corrected chi connectivity index (χ2v) is 8.08. The van der Waals surface area contributed by atoms with Crippen molar-refractivity contribution in [2.75, 3.05) is 27.2 Å². The average molecular weight is 377 g/mol. The molecule has 2 aromatic rings. The van der Waals surface area contributed by atoms with E-state index in [1.807, 2.05) is 24.5 Å². The molecule has 0 aliphatic carbocycles. The Morgan fingerprint density at radius 2 is 1.85 bits per heavy atom. The van der Waals surface area contributed by atoms with Crippen LogP contribution in [0.15, 0.2) is 47.6 Å². The lowest BCUT2D eigenvalue weighted by Crippen LogP contribution is -2.39. The predicted octanol–water partition coefficient (Wildman–Crippen LogP) is 1.88. The molecule has 1 aromatic carbocycles. The van der Waals surface area contributed by atoms with Gasteiger partial charge >= 0.3 is 0 Å². The highest BCUT2D eigenvalue weighted by Gasteiger charge is 2.26. The quantitative estimate of drug-likeness (QED) is 0.863. The fraction of sp³-hybridized carbons (Fsp3) is 0.389. The maximum atomic E-state index is 12.8. The summed E-state index contributed by atoms with van der Waals surface area (Å²) in [5.74, 6) is 0.0494. The van der Waals surface area contributed by atoms with Crippen molar-refractivity contribution in [3.63, 3.8) is 0 Å². The second kappa shape index (κ2) is 7.51. The molecular formula is C18H23N3O4S. The first-order chi connectivity index (χ1) is 12.5. The summed E-state index contributed by atoms with van der Waals surface area (Å²) in [6, 6.07) is 8.89. The molecule has 2 heterocycles. The van der Waals surface area contributed by atoms with Crippen molar-refractivity contribution in [1.82, 2.24) is 14.2 Å². The van der Waals surface area contributed by atoms with E-state index in [1.165, 1.54) is 26.3 Å². The van der Waals surface area contributed by atoms with E-state index in [9.17, 15) is 13.2 Å². The number of sulfonamides is 1. The van der Waals surface area contributed by atoms with Crippen LogP contribution in [-0.2, 0) is 10.0 Å². The normalized spacial score (nSPS) is 15.8. The van der Waals surface area contributed by atoms with Crippen molar-refractivity contribution in [1.29, 1.82) is 0 Å². The Morgan fingerprint density at radius 1 is 1.19 bits per heavy atom. The van der Waals surface area contributed by atoms with Gasteiger partial charge in [-0.15, -0.1) is 0 Å². The van der Waals surface area contributed by atoms with Crippen molar-refractivity contribution in [3.05, 3.63) is 48.3 Å². The molecule has 8 heteroatoms. The van der Waals surface area contributed by atoms with E-state index in [-0.39, 0.29) is 16.6 Å².